The van der Waals surface area contributed by atoms with Crippen molar-refractivity contribution in [3.63, 3.8) is 0 Å². The van der Waals surface area contributed by atoms with Gasteiger partial charge in [0.25, 0.3) is 5.91 Å². The number of carboxylic acid groups (broad SMARTS) is 1. The number of carbonyl (C=O) groups excluding carboxylic acids is 2. The van der Waals surface area contributed by atoms with Crippen LogP contribution in [-0.4, -0.2) is 33.9 Å². The minimum Gasteiger partial charge on any atom is -0.478 e. The first kappa shape index (κ1) is 17.2. The number of aromatic nitrogens is 1. The fraction of sp³-hybridized carbons (Fsp3) is 0.250. The lowest BCUT2D eigenvalue weighted by molar-refractivity contribution is -0.122. The van der Waals surface area contributed by atoms with Crippen molar-refractivity contribution in [3.8, 4) is 0 Å². The first-order chi connectivity index (χ1) is 11.4. The van der Waals surface area contributed by atoms with Gasteiger partial charge < -0.3 is 20.2 Å². The number of nitrogens with one attached hydrogen (secondary N) is 2. The number of hydrogen-bond donors (Lipinski definition) is 3. The van der Waals surface area contributed by atoms with E-state index in [2.05, 4.69) is 15.6 Å². The Balaban J connectivity index is 1.94. The quantitative estimate of drug-likeness (QED) is 0.729. The molecule has 1 atom stereocenters. The largest absolute Gasteiger partial charge is 0.478 e. The number of hydrogen-bond acceptors (Lipinski definition) is 5. The maximum absolute atomic E-state index is 12.1. The van der Waals surface area contributed by atoms with Gasteiger partial charge in [-0.15, -0.1) is 0 Å². The molecule has 126 valence electrons. The second kappa shape index (κ2) is 7.40. The van der Waals surface area contributed by atoms with Crippen molar-refractivity contribution in [2.45, 2.75) is 26.4 Å². The molecular formula is C16H17N3O5. The number of rotatable bonds is 6. The fourth-order valence-electron chi connectivity index (χ4n) is 1.99. The van der Waals surface area contributed by atoms with Crippen LogP contribution in [0.3, 0.4) is 0 Å². The van der Waals surface area contributed by atoms with Crippen molar-refractivity contribution in [2.75, 3.05) is 0 Å². The Labute approximate surface area is 137 Å². The molecule has 0 aliphatic rings. The van der Waals surface area contributed by atoms with Crippen LogP contribution in [0.4, 0.5) is 0 Å². The summed E-state index contributed by atoms with van der Waals surface area (Å²) < 4.78 is 5.10. The summed E-state index contributed by atoms with van der Waals surface area (Å²) in [5.41, 5.74) is 0.295. The molecule has 2 heterocycles. The van der Waals surface area contributed by atoms with Crippen molar-refractivity contribution in [2.24, 2.45) is 0 Å². The number of pyridine rings is 1. The number of nitrogens with zero attached hydrogens (tertiary/aromatic N) is 1. The predicted octanol–water partition coefficient (Wildman–Crippen LogP) is 1.12. The van der Waals surface area contributed by atoms with Crippen molar-refractivity contribution in [1.82, 2.24) is 15.6 Å². The summed E-state index contributed by atoms with van der Waals surface area (Å²) in [4.78, 5) is 38.9. The highest BCUT2D eigenvalue weighted by Crippen LogP contribution is 2.07. The SMILES string of the molecule is Cc1nc(C(=O)NC(C)C(=O)NCc2ccco2)ccc1C(=O)O. The molecule has 0 saturated heterocycles. The summed E-state index contributed by atoms with van der Waals surface area (Å²) in [6.07, 6.45) is 1.50. The summed E-state index contributed by atoms with van der Waals surface area (Å²) in [6.45, 7) is 3.25. The van der Waals surface area contributed by atoms with Gasteiger partial charge in [-0.2, -0.15) is 0 Å². The van der Waals surface area contributed by atoms with Crippen molar-refractivity contribution in [3.05, 3.63) is 53.2 Å². The molecule has 0 aliphatic carbocycles. The molecule has 2 rings (SSSR count). The third-order valence-corrected chi connectivity index (χ3v) is 3.31. The van der Waals surface area contributed by atoms with Gasteiger partial charge in [0.15, 0.2) is 0 Å². The van der Waals surface area contributed by atoms with Crippen LogP contribution in [0, 0.1) is 6.92 Å². The van der Waals surface area contributed by atoms with E-state index >= 15 is 0 Å². The van der Waals surface area contributed by atoms with Gasteiger partial charge in [-0.3, -0.25) is 9.59 Å². The smallest absolute Gasteiger partial charge is 0.337 e. The number of aryl methyl sites for hydroxylation is 1. The fourth-order valence-corrected chi connectivity index (χ4v) is 1.99. The summed E-state index contributed by atoms with van der Waals surface area (Å²) in [6, 6.07) is 5.26. The molecule has 0 radical (unpaired) electrons. The maximum Gasteiger partial charge on any atom is 0.337 e. The topological polar surface area (TPSA) is 122 Å². The van der Waals surface area contributed by atoms with E-state index in [1.165, 1.54) is 32.2 Å². The molecule has 0 aliphatic heterocycles. The molecule has 3 N–H and O–H groups in total. The van der Waals surface area contributed by atoms with Crippen LogP contribution >= 0.6 is 0 Å². The molecule has 0 saturated carbocycles. The van der Waals surface area contributed by atoms with Gasteiger partial charge >= 0.3 is 5.97 Å². The highest BCUT2D eigenvalue weighted by Gasteiger charge is 2.18. The highest BCUT2D eigenvalue weighted by molar-refractivity contribution is 5.97. The van der Waals surface area contributed by atoms with E-state index in [0.29, 0.717) is 5.76 Å². The number of furan rings is 1. The van der Waals surface area contributed by atoms with E-state index in [4.69, 9.17) is 9.52 Å². The van der Waals surface area contributed by atoms with E-state index in [-0.39, 0.29) is 29.4 Å². The number of carbonyl (C=O) groups is 3. The molecule has 1 unspecified atom stereocenters. The number of amides is 2. The standard InChI is InChI=1S/C16H17N3O5/c1-9-12(16(22)23)5-6-13(18-9)15(21)19-10(2)14(20)17-8-11-4-3-7-24-11/h3-7,10H,8H2,1-2H3,(H,17,20)(H,19,21)(H,22,23). The molecule has 2 aromatic heterocycles. The molecule has 0 aromatic carbocycles. The Morgan fingerprint density at radius 2 is 2.04 bits per heavy atom. The van der Waals surface area contributed by atoms with Gasteiger partial charge in [-0.1, -0.05) is 0 Å². The molecule has 8 nitrogen and oxygen atoms in total. The monoisotopic (exact) mass is 331 g/mol. The van der Waals surface area contributed by atoms with E-state index in [0.717, 1.165) is 0 Å². The highest BCUT2D eigenvalue weighted by atomic mass is 16.4. The van der Waals surface area contributed by atoms with Gasteiger partial charge in [0.1, 0.15) is 17.5 Å². The minimum atomic E-state index is -1.11. The maximum atomic E-state index is 12.1. The zero-order chi connectivity index (χ0) is 17.7. The van der Waals surface area contributed by atoms with Gasteiger partial charge in [-0.05, 0) is 38.1 Å². The number of aromatic carboxylic acids is 1. The average Bonchev–Trinajstić information content (AvgIpc) is 3.05. The third-order valence-electron chi connectivity index (χ3n) is 3.31. The third kappa shape index (κ3) is 4.19. The molecule has 0 spiro atoms. The second-order valence-corrected chi connectivity index (χ2v) is 5.13. The minimum absolute atomic E-state index is 0.0239. The Bertz CT molecular complexity index is 755. The van der Waals surface area contributed by atoms with Crippen molar-refractivity contribution < 1.29 is 23.9 Å². The molecular weight excluding hydrogens is 314 g/mol. The van der Waals surface area contributed by atoms with Crippen molar-refractivity contribution in [1.29, 1.82) is 0 Å². The summed E-state index contributed by atoms with van der Waals surface area (Å²) in [5, 5.41) is 14.1. The van der Waals surface area contributed by atoms with E-state index in [1.54, 1.807) is 12.1 Å². The molecule has 2 aromatic rings. The zero-order valence-corrected chi connectivity index (χ0v) is 13.2. The molecule has 0 bridgehead atoms. The lowest BCUT2D eigenvalue weighted by Gasteiger charge is -2.13. The van der Waals surface area contributed by atoms with Crippen LogP contribution in [-0.2, 0) is 11.3 Å². The lowest BCUT2D eigenvalue weighted by atomic mass is 10.2. The molecule has 0 fully saturated rings. The van der Waals surface area contributed by atoms with Crippen LogP contribution in [0.1, 0.15) is 39.2 Å². The zero-order valence-electron chi connectivity index (χ0n) is 13.2. The Morgan fingerprint density at radius 3 is 2.62 bits per heavy atom. The van der Waals surface area contributed by atoms with Crippen LogP contribution in [0.5, 0.6) is 0 Å². The van der Waals surface area contributed by atoms with Gasteiger partial charge in [-0.25, -0.2) is 9.78 Å². The normalized spacial score (nSPS) is 11.6. The Kier molecular flexibility index (Phi) is 5.31. The van der Waals surface area contributed by atoms with Crippen LogP contribution in [0.25, 0.3) is 0 Å². The second-order valence-electron chi connectivity index (χ2n) is 5.13. The molecule has 2 amide bonds. The average molecular weight is 331 g/mol. The molecule has 24 heavy (non-hydrogen) atoms. The molecule has 8 heteroatoms. The van der Waals surface area contributed by atoms with E-state index in [1.807, 2.05) is 0 Å². The lowest BCUT2D eigenvalue weighted by Crippen LogP contribution is -2.44. The van der Waals surface area contributed by atoms with Gasteiger partial charge in [0.2, 0.25) is 5.91 Å². The summed E-state index contributed by atoms with van der Waals surface area (Å²) in [5.74, 6) is -1.45. The van der Waals surface area contributed by atoms with Crippen LogP contribution in [0.15, 0.2) is 34.9 Å². The first-order valence-electron chi connectivity index (χ1n) is 7.20. The van der Waals surface area contributed by atoms with Gasteiger partial charge in [0.05, 0.1) is 24.1 Å². The van der Waals surface area contributed by atoms with Crippen LogP contribution < -0.4 is 10.6 Å². The Morgan fingerprint density at radius 1 is 1.29 bits per heavy atom. The predicted molar refractivity (Wildman–Crippen MR) is 83.4 cm³/mol. The first-order valence-corrected chi connectivity index (χ1v) is 7.20. The number of carboxylic acids is 1. The summed E-state index contributed by atoms with van der Waals surface area (Å²) >= 11 is 0. The summed E-state index contributed by atoms with van der Waals surface area (Å²) in [7, 11) is 0. The van der Waals surface area contributed by atoms with E-state index in [9.17, 15) is 14.4 Å². The van der Waals surface area contributed by atoms with Crippen molar-refractivity contribution >= 4 is 17.8 Å². The van der Waals surface area contributed by atoms with Gasteiger partial charge in [0, 0.05) is 0 Å². The van der Waals surface area contributed by atoms with E-state index < -0.39 is 17.9 Å². The van der Waals surface area contributed by atoms with Crippen LogP contribution in [0.2, 0.25) is 0 Å². The Hall–Kier alpha value is -3.16.